The first kappa shape index (κ1) is 46.7. The van der Waals surface area contributed by atoms with Crippen molar-refractivity contribution in [2.24, 2.45) is 9.98 Å². The van der Waals surface area contributed by atoms with Gasteiger partial charge in [0.15, 0.2) is 0 Å². The Morgan fingerprint density at radius 3 is 1.19 bits per heavy atom. The van der Waals surface area contributed by atoms with Crippen molar-refractivity contribution in [3.05, 3.63) is 47.5 Å². The summed E-state index contributed by atoms with van der Waals surface area (Å²) in [6.07, 6.45) is 2.67. The molecule has 2 aliphatic rings. The summed E-state index contributed by atoms with van der Waals surface area (Å²) in [5.74, 6) is -0.637. The van der Waals surface area contributed by atoms with Crippen LogP contribution < -0.4 is 103 Å². The molecule has 2 N–H and O–H groups in total. The number of aliphatic imine (C=N–C) groups is 2. The van der Waals surface area contributed by atoms with E-state index in [1.165, 1.54) is 36.4 Å². The molecule has 20 heteroatoms. The van der Waals surface area contributed by atoms with E-state index >= 15 is 0 Å². The van der Waals surface area contributed by atoms with E-state index < -0.39 is 51.3 Å². The molecule has 2 aromatic rings. The van der Waals surface area contributed by atoms with Crippen LogP contribution in [0.4, 0.5) is 11.4 Å². The summed E-state index contributed by atoms with van der Waals surface area (Å²) in [6.45, 7) is 7.39. The van der Waals surface area contributed by atoms with E-state index in [4.69, 9.17) is 9.11 Å². The van der Waals surface area contributed by atoms with Gasteiger partial charge in [-0.15, -0.1) is 0 Å². The Hall–Kier alpha value is 0.693. The maximum absolute atomic E-state index is 11.2. The predicted molar refractivity (Wildman–Crippen MR) is 170 cm³/mol. The average molecular weight is 799 g/mol. The van der Waals surface area contributed by atoms with Crippen molar-refractivity contribution in [2.75, 3.05) is 11.5 Å². The zero-order chi connectivity index (χ0) is 34.9. The molecule has 0 aliphatic carbocycles. The van der Waals surface area contributed by atoms with Crippen LogP contribution in [0, 0.1) is 0 Å². The first-order chi connectivity index (χ1) is 20.9. The molecule has 0 fully saturated rings. The quantitative estimate of drug-likeness (QED) is 0.135. The number of hydrogen-bond acceptors (Lipinski definition) is 12. The Morgan fingerprint density at radius 1 is 0.604 bits per heavy atom. The zero-order valence-corrected chi connectivity index (χ0v) is 37.1. The van der Waals surface area contributed by atoms with Crippen molar-refractivity contribution < 1.29 is 155 Å². The predicted octanol–water partition coefficient (Wildman–Crippen LogP) is -1.97. The summed E-state index contributed by atoms with van der Waals surface area (Å²) in [4.78, 5) is 8.21. The average Bonchev–Trinajstić information content (AvgIpc) is 3.31. The molecule has 0 aromatic heterocycles. The molecule has 48 heavy (non-hydrogen) atoms. The van der Waals surface area contributed by atoms with Crippen molar-refractivity contribution in [1.82, 2.24) is 0 Å². The zero-order valence-electron chi connectivity index (χ0n) is 27.6. The minimum Gasteiger partial charge on any atom is -0.744 e. The van der Waals surface area contributed by atoms with Crippen LogP contribution in [0.25, 0.3) is 0 Å². The molecule has 0 saturated carbocycles. The number of nitrogens with zero attached hydrogens (tertiary/aromatic N) is 2. The molecule has 2 atom stereocenters. The molecular formula is C28H36K2N2O12S4. The Balaban J connectivity index is 0.000000461. The fourth-order valence-corrected chi connectivity index (χ4v) is 7.71. The molecule has 14 nitrogen and oxygen atoms in total. The minimum atomic E-state index is -4.55. The summed E-state index contributed by atoms with van der Waals surface area (Å²) < 4.78 is 128. The SMILES string of the molecule is CC1=Nc2ccc(S(=O)(=O)[O-])cc2C1(C)CCCCS(=O)(=O)O.CC1=Nc2ccc(S(=O)(=O)[O-])cc2C1(C)CCCCS(=O)(=O)O.[K+].[K+]. The van der Waals surface area contributed by atoms with E-state index in [1.54, 1.807) is 0 Å². The summed E-state index contributed by atoms with van der Waals surface area (Å²) >= 11 is 0. The van der Waals surface area contributed by atoms with Gasteiger partial charge in [-0.3, -0.25) is 19.1 Å². The van der Waals surface area contributed by atoms with Crippen molar-refractivity contribution >= 4 is 63.3 Å². The maximum Gasteiger partial charge on any atom is 1.00 e. The second kappa shape index (κ2) is 17.7. The van der Waals surface area contributed by atoms with Crippen molar-refractivity contribution in [3.8, 4) is 0 Å². The first-order valence-corrected chi connectivity index (χ1v) is 20.1. The van der Waals surface area contributed by atoms with Crippen molar-refractivity contribution in [3.63, 3.8) is 0 Å². The van der Waals surface area contributed by atoms with Gasteiger partial charge in [0.1, 0.15) is 20.2 Å². The fourth-order valence-electron chi connectivity index (χ4n) is 5.58. The topological polar surface area (TPSA) is 248 Å². The van der Waals surface area contributed by atoms with Crippen molar-refractivity contribution in [1.29, 1.82) is 0 Å². The summed E-state index contributed by atoms with van der Waals surface area (Å²) in [5.41, 5.74) is 2.97. The van der Waals surface area contributed by atoms with E-state index in [-0.39, 0.29) is 137 Å². The number of hydrogen-bond donors (Lipinski definition) is 2. The Kier molecular flexibility index (Phi) is 17.2. The standard InChI is InChI=1S/2C14H19NO6S2.2K/c2*1-10-14(2,7-3-4-8-22(16,17)18)12-9-11(23(19,20)21)5-6-13(12)15-10;;/h2*5-6,9H,3-4,7-8H2,1-2H3,(H,16,17,18)(H,19,20,21);;/q;;2*+1/p-2. The second-order valence-corrected chi connectivity index (χ2v) is 17.7. The monoisotopic (exact) mass is 798 g/mol. The molecule has 4 rings (SSSR count). The van der Waals surface area contributed by atoms with Gasteiger partial charge in [-0.1, -0.05) is 26.7 Å². The largest absolute Gasteiger partial charge is 1.00 e. The molecule has 2 aliphatic heterocycles. The van der Waals surface area contributed by atoms with Gasteiger partial charge in [0, 0.05) is 22.3 Å². The first-order valence-electron chi connectivity index (χ1n) is 14.1. The third-order valence-corrected chi connectivity index (χ3v) is 11.8. The molecular weight excluding hydrogens is 763 g/mol. The Bertz CT molecular complexity index is 1870. The van der Waals surface area contributed by atoms with E-state index in [9.17, 15) is 42.8 Å². The number of unbranched alkanes of at least 4 members (excludes halogenated alkanes) is 2. The second-order valence-electron chi connectivity index (χ2n) is 11.8. The molecule has 0 bridgehead atoms. The molecule has 0 spiro atoms. The van der Waals surface area contributed by atoms with E-state index in [1.807, 2.05) is 27.7 Å². The molecule has 2 unspecified atom stereocenters. The summed E-state index contributed by atoms with van der Waals surface area (Å²) in [6, 6.07) is 8.19. The third kappa shape index (κ3) is 12.4. The van der Waals surface area contributed by atoms with E-state index in [0.29, 0.717) is 48.2 Å². The molecule has 0 radical (unpaired) electrons. The van der Waals surface area contributed by atoms with Crippen LogP contribution in [0.15, 0.2) is 56.2 Å². The Labute approximate surface area is 367 Å². The van der Waals surface area contributed by atoms with Crippen LogP contribution in [0.5, 0.6) is 0 Å². The summed E-state index contributed by atoms with van der Waals surface area (Å²) in [5, 5.41) is 0. The number of benzene rings is 2. The van der Waals surface area contributed by atoms with Gasteiger partial charge in [0.05, 0.1) is 32.7 Å². The van der Waals surface area contributed by atoms with Gasteiger partial charge in [0.2, 0.25) is 0 Å². The molecule has 2 aromatic carbocycles. The summed E-state index contributed by atoms with van der Waals surface area (Å²) in [7, 11) is -17.1. The molecule has 2 heterocycles. The third-order valence-electron chi connectivity index (χ3n) is 8.53. The van der Waals surface area contributed by atoms with Crippen molar-refractivity contribution in [2.45, 2.75) is 86.8 Å². The van der Waals surface area contributed by atoms with Crippen LogP contribution in [0.1, 0.15) is 77.3 Å². The van der Waals surface area contributed by atoms with Gasteiger partial charge in [-0.05, 0) is 87.1 Å². The minimum absolute atomic E-state index is 0. The number of rotatable bonds is 12. The van der Waals surface area contributed by atoms with E-state index in [0.717, 1.165) is 11.4 Å². The van der Waals surface area contributed by atoms with Gasteiger partial charge in [-0.2, -0.15) is 16.8 Å². The molecule has 256 valence electrons. The van der Waals surface area contributed by atoms with Gasteiger partial charge in [0.25, 0.3) is 20.2 Å². The van der Waals surface area contributed by atoms with E-state index in [2.05, 4.69) is 9.98 Å². The maximum atomic E-state index is 11.2. The Morgan fingerprint density at radius 2 is 0.917 bits per heavy atom. The van der Waals surface area contributed by atoms with Crippen LogP contribution in [0.2, 0.25) is 0 Å². The van der Waals surface area contributed by atoms with Crippen LogP contribution in [0.3, 0.4) is 0 Å². The van der Waals surface area contributed by atoms with Crippen LogP contribution >= 0.6 is 0 Å². The van der Waals surface area contributed by atoms with Crippen LogP contribution in [-0.2, 0) is 51.3 Å². The number of fused-ring (bicyclic) bond motifs is 2. The molecule has 0 saturated heterocycles. The van der Waals surface area contributed by atoms with Gasteiger partial charge in [-0.25, -0.2) is 16.8 Å². The van der Waals surface area contributed by atoms with Gasteiger partial charge >= 0.3 is 103 Å². The normalized spacial score (nSPS) is 20.2. The van der Waals surface area contributed by atoms with Gasteiger partial charge < -0.3 is 9.11 Å². The smallest absolute Gasteiger partial charge is 0.744 e. The molecule has 0 amide bonds. The fraction of sp³-hybridized carbons (Fsp3) is 0.500. The van der Waals surface area contributed by atoms with Crippen LogP contribution in [-0.4, -0.2) is 74.8 Å².